The standard InChI is InChI=1S/C33H34B2N2/c1-2-29(35-33(37)31(27-19-11-5-12-20-27)28-21-13-6-14-22-28)23-24-34-32(36)30(25-15-7-3-8-16-25)26-17-9-4-10-18-26/h3-22,29H,2,23-24,36-37H2,1H3. The third-order valence-electron chi connectivity index (χ3n) is 6.67. The van der Waals surface area contributed by atoms with Gasteiger partial charge in [0.1, 0.15) is 0 Å². The van der Waals surface area contributed by atoms with Crippen LogP contribution in [0.15, 0.2) is 133 Å². The quantitative estimate of drug-likeness (QED) is 0.224. The molecule has 0 aromatic heterocycles. The van der Waals surface area contributed by atoms with Gasteiger partial charge in [-0.15, -0.1) is 0 Å². The first kappa shape index (κ1) is 26.2. The summed E-state index contributed by atoms with van der Waals surface area (Å²) in [6.07, 6.45) is 2.87. The number of rotatable bonds is 11. The molecule has 0 bridgehead atoms. The molecular formula is C33H34B2N2. The Morgan fingerprint density at radius 3 is 1.27 bits per heavy atom. The Morgan fingerprint density at radius 1 is 0.568 bits per heavy atom. The summed E-state index contributed by atoms with van der Waals surface area (Å²) in [6, 6.07) is 41.6. The van der Waals surface area contributed by atoms with E-state index in [1.807, 2.05) is 24.3 Å². The number of hydrogen-bond acceptors (Lipinski definition) is 2. The molecule has 4 heteroatoms. The van der Waals surface area contributed by atoms with E-state index in [-0.39, 0.29) is 0 Å². The predicted molar refractivity (Wildman–Crippen MR) is 161 cm³/mol. The SMILES string of the molecule is CCC([B]C(N)=C(c1ccccc1)c1ccccc1)CC[B]C(N)=C(c1ccccc1)c1ccccc1. The second-order valence-electron chi connectivity index (χ2n) is 9.24. The van der Waals surface area contributed by atoms with Crippen molar-refractivity contribution >= 4 is 25.7 Å². The Labute approximate surface area is 223 Å². The van der Waals surface area contributed by atoms with Crippen LogP contribution in [0.1, 0.15) is 42.0 Å². The smallest absolute Gasteiger partial charge is 0.177 e. The molecule has 4 aromatic rings. The Kier molecular flexibility index (Phi) is 9.48. The van der Waals surface area contributed by atoms with E-state index in [4.69, 9.17) is 11.5 Å². The summed E-state index contributed by atoms with van der Waals surface area (Å²) >= 11 is 0. The van der Waals surface area contributed by atoms with Gasteiger partial charge < -0.3 is 11.5 Å². The fourth-order valence-corrected chi connectivity index (χ4v) is 4.72. The van der Waals surface area contributed by atoms with Crippen LogP contribution in [0, 0.1) is 0 Å². The Balaban J connectivity index is 1.51. The molecule has 0 heterocycles. The monoisotopic (exact) mass is 480 g/mol. The third-order valence-corrected chi connectivity index (χ3v) is 6.67. The van der Waals surface area contributed by atoms with E-state index >= 15 is 0 Å². The average Bonchev–Trinajstić information content (AvgIpc) is 2.95. The van der Waals surface area contributed by atoms with Gasteiger partial charge in [0, 0.05) is 0 Å². The zero-order valence-electron chi connectivity index (χ0n) is 21.6. The minimum atomic E-state index is 0.350. The maximum absolute atomic E-state index is 6.77. The Morgan fingerprint density at radius 2 is 0.919 bits per heavy atom. The lowest BCUT2D eigenvalue weighted by molar-refractivity contribution is 0.758. The van der Waals surface area contributed by atoms with Crippen LogP contribution in [0.3, 0.4) is 0 Å². The fourth-order valence-electron chi connectivity index (χ4n) is 4.72. The Hall–Kier alpha value is -3.91. The molecule has 1 atom stereocenters. The van der Waals surface area contributed by atoms with E-state index in [2.05, 4.69) is 119 Å². The molecule has 182 valence electrons. The summed E-state index contributed by atoms with van der Waals surface area (Å²) in [5, 5.41) is 0. The molecule has 0 fully saturated rings. The van der Waals surface area contributed by atoms with Crippen LogP contribution in [0.4, 0.5) is 0 Å². The molecule has 0 saturated carbocycles. The highest BCUT2D eigenvalue weighted by Gasteiger charge is 2.17. The number of hydrogen-bond donors (Lipinski definition) is 2. The van der Waals surface area contributed by atoms with Gasteiger partial charge in [-0.1, -0.05) is 153 Å². The molecule has 2 radical (unpaired) electrons. The van der Waals surface area contributed by atoms with E-state index in [0.29, 0.717) is 5.82 Å². The first-order valence-corrected chi connectivity index (χ1v) is 13.1. The molecule has 0 aliphatic carbocycles. The van der Waals surface area contributed by atoms with Crippen molar-refractivity contribution in [3.63, 3.8) is 0 Å². The van der Waals surface area contributed by atoms with E-state index in [9.17, 15) is 0 Å². The van der Waals surface area contributed by atoms with Crippen LogP contribution < -0.4 is 11.5 Å². The van der Waals surface area contributed by atoms with E-state index < -0.39 is 0 Å². The number of benzene rings is 4. The molecule has 0 aliphatic rings. The largest absolute Gasteiger partial charge is 0.410 e. The molecule has 2 nitrogen and oxygen atoms in total. The van der Waals surface area contributed by atoms with Crippen molar-refractivity contribution in [2.75, 3.05) is 0 Å². The van der Waals surface area contributed by atoms with Crippen LogP contribution in [0.25, 0.3) is 11.1 Å². The van der Waals surface area contributed by atoms with Gasteiger partial charge in [0.15, 0.2) is 14.6 Å². The lowest BCUT2D eigenvalue weighted by atomic mass is 9.54. The van der Waals surface area contributed by atoms with Crippen molar-refractivity contribution in [1.82, 2.24) is 0 Å². The summed E-state index contributed by atoms with van der Waals surface area (Å²) in [7, 11) is 4.40. The summed E-state index contributed by atoms with van der Waals surface area (Å²) < 4.78 is 0. The van der Waals surface area contributed by atoms with Crippen LogP contribution in [0.5, 0.6) is 0 Å². The van der Waals surface area contributed by atoms with Crippen LogP contribution in [-0.4, -0.2) is 14.6 Å². The van der Waals surface area contributed by atoms with Gasteiger partial charge in [-0.2, -0.15) is 0 Å². The van der Waals surface area contributed by atoms with Gasteiger partial charge in [0.25, 0.3) is 0 Å². The fraction of sp³-hybridized carbons (Fsp3) is 0.152. The van der Waals surface area contributed by atoms with Gasteiger partial charge in [-0.25, -0.2) is 0 Å². The normalized spacial score (nSPS) is 11.3. The molecule has 4 rings (SSSR count). The summed E-state index contributed by atoms with van der Waals surface area (Å²) in [6.45, 7) is 2.22. The van der Waals surface area contributed by atoms with Crippen molar-refractivity contribution in [3.8, 4) is 0 Å². The van der Waals surface area contributed by atoms with Gasteiger partial charge in [0.05, 0.1) is 0 Å². The lowest BCUT2D eigenvalue weighted by Crippen LogP contribution is -2.17. The van der Waals surface area contributed by atoms with Crippen molar-refractivity contribution in [3.05, 3.63) is 155 Å². The van der Waals surface area contributed by atoms with Gasteiger partial charge >= 0.3 is 0 Å². The maximum Gasteiger partial charge on any atom is 0.177 e. The topological polar surface area (TPSA) is 52.0 Å². The van der Waals surface area contributed by atoms with Crippen LogP contribution in [0.2, 0.25) is 12.1 Å². The summed E-state index contributed by atoms with van der Waals surface area (Å²) in [5.74, 6) is 0.350. The minimum absolute atomic E-state index is 0.350. The maximum atomic E-state index is 6.77. The van der Waals surface area contributed by atoms with Crippen molar-refractivity contribution in [2.45, 2.75) is 31.9 Å². The highest BCUT2D eigenvalue weighted by atomic mass is 14.6. The molecule has 4 aromatic carbocycles. The molecule has 4 N–H and O–H groups in total. The first-order valence-electron chi connectivity index (χ1n) is 13.1. The van der Waals surface area contributed by atoms with Crippen LogP contribution in [-0.2, 0) is 0 Å². The first-order chi connectivity index (χ1) is 18.2. The molecule has 37 heavy (non-hydrogen) atoms. The highest BCUT2D eigenvalue weighted by Crippen LogP contribution is 2.29. The molecular weight excluding hydrogens is 446 g/mol. The predicted octanol–water partition coefficient (Wildman–Crippen LogP) is 7.15. The average molecular weight is 480 g/mol. The van der Waals surface area contributed by atoms with Crippen molar-refractivity contribution in [2.24, 2.45) is 11.5 Å². The molecule has 1 unspecified atom stereocenters. The second-order valence-corrected chi connectivity index (χ2v) is 9.24. The van der Waals surface area contributed by atoms with E-state index in [1.54, 1.807) is 0 Å². The second kappa shape index (κ2) is 13.4. The van der Waals surface area contributed by atoms with Gasteiger partial charge in [-0.3, -0.25) is 0 Å². The summed E-state index contributed by atoms with van der Waals surface area (Å²) in [5.41, 5.74) is 21.8. The lowest BCUT2D eigenvalue weighted by Gasteiger charge is -2.19. The van der Waals surface area contributed by atoms with Crippen molar-refractivity contribution < 1.29 is 0 Å². The Bertz CT molecular complexity index is 1220. The minimum Gasteiger partial charge on any atom is -0.410 e. The molecule has 0 spiro atoms. The van der Waals surface area contributed by atoms with Gasteiger partial charge in [-0.05, 0) is 44.6 Å². The van der Waals surface area contributed by atoms with E-state index in [0.717, 1.165) is 63.8 Å². The zero-order valence-corrected chi connectivity index (χ0v) is 21.6. The number of nitrogens with two attached hydrogens (primary N) is 2. The van der Waals surface area contributed by atoms with Crippen molar-refractivity contribution in [1.29, 1.82) is 0 Å². The molecule has 0 aliphatic heterocycles. The van der Waals surface area contributed by atoms with E-state index in [1.165, 1.54) is 0 Å². The molecule has 0 amide bonds. The van der Waals surface area contributed by atoms with Crippen LogP contribution >= 0.6 is 0 Å². The molecule has 0 saturated heterocycles. The van der Waals surface area contributed by atoms with Gasteiger partial charge in [0.2, 0.25) is 0 Å². The third kappa shape index (κ3) is 7.07. The summed E-state index contributed by atoms with van der Waals surface area (Å²) in [4.78, 5) is 0. The highest BCUT2D eigenvalue weighted by molar-refractivity contribution is 6.50. The zero-order chi connectivity index (χ0) is 25.9.